The molecule has 206 valence electrons. The molecule has 1 aromatic heterocycles. The second kappa shape index (κ2) is 11.9. The summed E-state index contributed by atoms with van der Waals surface area (Å²) < 4.78 is 21.7. The first-order valence-corrected chi connectivity index (χ1v) is 13.6. The quantitative estimate of drug-likeness (QED) is 0.241. The lowest BCUT2D eigenvalue weighted by Crippen LogP contribution is -2.33. The maximum Gasteiger partial charge on any atom is 0.308 e. The lowest BCUT2D eigenvalue weighted by molar-refractivity contribution is -0.160. The van der Waals surface area contributed by atoms with Gasteiger partial charge in [-0.2, -0.15) is 0 Å². The average Bonchev–Trinajstić information content (AvgIpc) is 3.28. The number of nitrogens with one attached hydrogen (secondary N) is 1. The van der Waals surface area contributed by atoms with Crippen LogP contribution < -0.4 is 5.32 Å². The van der Waals surface area contributed by atoms with Crippen LogP contribution in [0.25, 0.3) is 22.4 Å². The molecule has 1 amide bonds. The highest BCUT2D eigenvalue weighted by Crippen LogP contribution is 2.42. The highest BCUT2D eigenvalue weighted by atomic mass is 19.1. The van der Waals surface area contributed by atoms with E-state index in [1.165, 1.54) is 12.1 Å². The Morgan fingerprint density at radius 1 is 1.00 bits per heavy atom. The molecule has 0 spiro atoms. The number of rotatable bonds is 8. The first kappa shape index (κ1) is 27.3. The van der Waals surface area contributed by atoms with Crippen LogP contribution in [0.5, 0.6) is 0 Å². The third kappa shape index (κ3) is 5.84. The van der Waals surface area contributed by atoms with Crippen molar-refractivity contribution in [3.05, 3.63) is 102 Å². The summed E-state index contributed by atoms with van der Waals surface area (Å²) in [6.45, 7) is 4.51. The van der Waals surface area contributed by atoms with Crippen LogP contribution in [-0.2, 0) is 16.1 Å². The smallest absolute Gasteiger partial charge is 0.308 e. The second-order valence-corrected chi connectivity index (χ2v) is 10.5. The Balaban J connectivity index is 1.71. The van der Waals surface area contributed by atoms with E-state index in [0.29, 0.717) is 30.6 Å². The van der Waals surface area contributed by atoms with Crippen molar-refractivity contribution in [1.82, 2.24) is 4.57 Å². The number of halogens is 1. The lowest BCUT2D eigenvalue weighted by atomic mass is 9.94. The first-order valence-electron chi connectivity index (χ1n) is 13.6. The van der Waals surface area contributed by atoms with Crippen molar-refractivity contribution in [2.24, 2.45) is 0 Å². The molecule has 3 aromatic carbocycles. The van der Waals surface area contributed by atoms with Gasteiger partial charge in [-0.3, -0.25) is 9.59 Å². The lowest BCUT2D eigenvalue weighted by Gasteiger charge is -2.27. The molecule has 5 rings (SSSR count). The van der Waals surface area contributed by atoms with E-state index in [2.05, 4.69) is 9.88 Å². The van der Waals surface area contributed by atoms with E-state index in [0.717, 1.165) is 28.1 Å². The van der Waals surface area contributed by atoms with Crippen LogP contribution in [0.3, 0.4) is 0 Å². The van der Waals surface area contributed by atoms with E-state index in [-0.39, 0.29) is 24.1 Å². The van der Waals surface area contributed by atoms with E-state index in [1.54, 1.807) is 12.1 Å². The van der Waals surface area contributed by atoms with Crippen molar-refractivity contribution >= 4 is 17.6 Å². The molecule has 1 aliphatic rings. The molecule has 1 fully saturated rings. The Bertz CT molecular complexity index is 1480. The molecule has 0 aliphatic carbocycles. The summed E-state index contributed by atoms with van der Waals surface area (Å²) in [5.74, 6) is -1.05. The third-order valence-electron chi connectivity index (χ3n) is 7.20. The van der Waals surface area contributed by atoms with Crippen molar-refractivity contribution in [3.63, 3.8) is 0 Å². The van der Waals surface area contributed by atoms with Gasteiger partial charge in [0.2, 0.25) is 0 Å². The molecule has 7 heteroatoms. The number of amides is 1. The largest absolute Gasteiger partial charge is 0.462 e. The summed E-state index contributed by atoms with van der Waals surface area (Å²) in [6, 6.07) is 25.3. The number of hydrogen-bond acceptors (Lipinski definition) is 4. The van der Waals surface area contributed by atoms with Crippen LogP contribution in [0.2, 0.25) is 0 Å². The van der Waals surface area contributed by atoms with Gasteiger partial charge < -0.3 is 19.7 Å². The fourth-order valence-corrected chi connectivity index (χ4v) is 5.52. The van der Waals surface area contributed by atoms with Gasteiger partial charge in [0.05, 0.1) is 23.8 Å². The normalized spacial score (nSPS) is 17.1. The molecular weight excluding hydrogens is 507 g/mol. The fraction of sp³-hybridized carbons (Fsp3) is 0.273. The summed E-state index contributed by atoms with van der Waals surface area (Å²) in [7, 11) is 0. The van der Waals surface area contributed by atoms with Crippen molar-refractivity contribution in [2.45, 2.75) is 57.8 Å². The Kier molecular flexibility index (Phi) is 8.12. The maximum atomic E-state index is 14.1. The summed E-state index contributed by atoms with van der Waals surface area (Å²) in [5, 5.41) is 13.2. The van der Waals surface area contributed by atoms with Crippen LogP contribution in [0.1, 0.15) is 55.1 Å². The topological polar surface area (TPSA) is 80.6 Å². The molecule has 0 bridgehead atoms. The monoisotopic (exact) mass is 540 g/mol. The van der Waals surface area contributed by atoms with E-state index in [1.807, 2.05) is 74.5 Å². The zero-order valence-corrected chi connectivity index (χ0v) is 22.6. The van der Waals surface area contributed by atoms with Crippen molar-refractivity contribution in [3.8, 4) is 22.4 Å². The van der Waals surface area contributed by atoms with Gasteiger partial charge in [-0.25, -0.2) is 4.39 Å². The minimum atomic E-state index is -0.732. The number of ether oxygens (including phenoxy) is 1. The number of aromatic nitrogens is 1. The number of nitrogens with zero attached hydrogens (tertiary/aromatic N) is 1. The number of carbonyl (C=O) groups is 2. The molecule has 6 nitrogen and oxygen atoms in total. The first-order chi connectivity index (χ1) is 19.3. The number of aliphatic hydroxyl groups excluding tert-OH is 1. The van der Waals surface area contributed by atoms with Crippen molar-refractivity contribution in [2.75, 3.05) is 5.32 Å². The molecule has 0 radical (unpaired) electrons. The van der Waals surface area contributed by atoms with Crippen molar-refractivity contribution in [1.29, 1.82) is 0 Å². The molecular formula is C33H33FN2O4. The number of carbonyl (C=O) groups excluding carboxylic acids is 2. The van der Waals surface area contributed by atoms with Crippen LogP contribution in [0.4, 0.5) is 10.1 Å². The zero-order chi connectivity index (χ0) is 28.2. The maximum absolute atomic E-state index is 14.1. The van der Waals surface area contributed by atoms with Gasteiger partial charge in [-0.1, -0.05) is 62.4 Å². The third-order valence-corrected chi connectivity index (χ3v) is 7.20. The molecule has 2 heterocycles. The molecule has 0 unspecified atom stereocenters. The zero-order valence-electron chi connectivity index (χ0n) is 22.6. The van der Waals surface area contributed by atoms with Crippen LogP contribution in [0, 0.1) is 5.82 Å². The minimum Gasteiger partial charge on any atom is -0.462 e. The number of esters is 1. The van der Waals surface area contributed by atoms with Gasteiger partial charge in [0.15, 0.2) is 0 Å². The summed E-state index contributed by atoms with van der Waals surface area (Å²) >= 11 is 0. The highest BCUT2D eigenvalue weighted by molar-refractivity contribution is 6.12. The Morgan fingerprint density at radius 3 is 2.27 bits per heavy atom. The van der Waals surface area contributed by atoms with E-state index >= 15 is 0 Å². The highest BCUT2D eigenvalue weighted by Gasteiger charge is 2.32. The van der Waals surface area contributed by atoms with Gasteiger partial charge in [0, 0.05) is 36.3 Å². The van der Waals surface area contributed by atoms with Gasteiger partial charge in [0.25, 0.3) is 5.91 Å². The number of anilines is 1. The SMILES string of the molecule is CC(C)c1c(C(=O)Nc2ccccc2)c(-c2ccccc2)c(-c2ccc(F)cc2)n1CC[C@H]1C[C@@H](O)CC(=O)O1. The fourth-order valence-electron chi connectivity index (χ4n) is 5.52. The van der Waals surface area contributed by atoms with E-state index in [4.69, 9.17) is 4.74 Å². The van der Waals surface area contributed by atoms with Crippen LogP contribution in [0.15, 0.2) is 84.9 Å². The minimum absolute atomic E-state index is 0.0000536. The summed E-state index contributed by atoms with van der Waals surface area (Å²) in [6.07, 6.45) is -0.354. The van der Waals surface area contributed by atoms with Gasteiger partial charge in [-0.05, 0) is 53.4 Å². The van der Waals surface area contributed by atoms with Gasteiger partial charge in [-0.15, -0.1) is 0 Å². The predicted molar refractivity (Wildman–Crippen MR) is 153 cm³/mol. The molecule has 2 atom stereocenters. The second-order valence-electron chi connectivity index (χ2n) is 10.5. The molecule has 2 N–H and O–H groups in total. The summed E-state index contributed by atoms with van der Waals surface area (Å²) in [5.41, 5.74) is 5.22. The van der Waals surface area contributed by atoms with Crippen molar-refractivity contribution < 1.29 is 23.8 Å². The molecule has 40 heavy (non-hydrogen) atoms. The number of aliphatic hydroxyl groups is 1. The predicted octanol–water partition coefficient (Wildman–Crippen LogP) is 6.79. The molecule has 1 saturated heterocycles. The standard InChI is InChI=1S/C33H33FN2O4/c1-21(2)31-30(33(39)35-25-11-7-4-8-12-25)29(22-9-5-3-6-10-22)32(23-13-15-24(34)16-14-23)36(31)18-17-27-19-26(37)20-28(38)40-27/h3-16,21,26-27,37H,17-20H2,1-2H3,(H,35,39)/t26-,27+/m1/s1. The molecule has 0 saturated carbocycles. The number of hydrogen-bond donors (Lipinski definition) is 2. The van der Waals surface area contributed by atoms with E-state index in [9.17, 15) is 19.1 Å². The Morgan fingerprint density at radius 2 is 1.65 bits per heavy atom. The van der Waals surface area contributed by atoms with Crippen LogP contribution >= 0.6 is 0 Å². The van der Waals surface area contributed by atoms with Gasteiger partial charge in [0.1, 0.15) is 11.9 Å². The molecule has 4 aromatic rings. The number of benzene rings is 3. The average molecular weight is 541 g/mol. The Labute approximate surface area is 233 Å². The van der Waals surface area contributed by atoms with E-state index < -0.39 is 18.2 Å². The molecule has 1 aliphatic heterocycles. The summed E-state index contributed by atoms with van der Waals surface area (Å²) in [4.78, 5) is 26.1. The number of cyclic esters (lactones) is 1. The Hall–Kier alpha value is -4.23. The van der Waals surface area contributed by atoms with Crippen LogP contribution in [-0.4, -0.2) is 33.8 Å². The van der Waals surface area contributed by atoms with Gasteiger partial charge >= 0.3 is 5.97 Å². The number of para-hydroxylation sites is 1.